The molecule has 0 radical (unpaired) electrons. The number of nitrogens with zero attached hydrogens (tertiary/aromatic N) is 3. The summed E-state index contributed by atoms with van der Waals surface area (Å²) in [6.07, 6.45) is -1.92. The number of morpholine rings is 1. The van der Waals surface area contributed by atoms with E-state index in [9.17, 15) is 9.90 Å². The molecule has 0 aliphatic carbocycles. The highest BCUT2D eigenvalue weighted by Crippen LogP contribution is 2.66. The van der Waals surface area contributed by atoms with Gasteiger partial charge in [0.25, 0.3) is 0 Å². The van der Waals surface area contributed by atoms with Crippen LogP contribution in [0.4, 0.5) is 10.5 Å². The van der Waals surface area contributed by atoms with Crippen molar-refractivity contribution in [2.75, 3.05) is 32.3 Å². The van der Waals surface area contributed by atoms with E-state index >= 15 is 14.4 Å². The summed E-state index contributed by atoms with van der Waals surface area (Å²) in [6.45, 7) is -0.223. The van der Waals surface area contributed by atoms with Gasteiger partial charge in [0.1, 0.15) is 41.5 Å². The number of amides is 3. The van der Waals surface area contributed by atoms with E-state index in [0.29, 0.717) is 39.3 Å². The van der Waals surface area contributed by atoms with Crippen LogP contribution in [0.1, 0.15) is 57.4 Å². The number of aromatic hydroxyl groups is 1. The average molecular weight is 908 g/mol. The van der Waals surface area contributed by atoms with Gasteiger partial charge in [-0.3, -0.25) is 19.3 Å². The molecule has 14 heteroatoms. The van der Waals surface area contributed by atoms with Crippen molar-refractivity contribution in [2.24, 2.45) is 5.92 Å². The summed E-state index contributed by atoms with van der Waals surface area (Å²) < 4.78 is 22.8. The van der Waals surface area contributed by atoms with E-state index in [1.54, 1.807) is 49.6 Å². The van der Waals surface area contributed by atoms with Crippen LogP contribution in [-0.4, -0.2) is 77.3 Å². The SMILES string of the molecule is COCCOC(=O)N1C(=O)[C@@]2(c3cc(C#Cc4ccc(OC)cc4)ccc31)[C@H](c1ccc(O)cc1)N1[C@H](c3ccccc3)[C@H](c3ccccc3)OC(=O)[C@H]1[C@@H]2C(=O)NCc1nc2ccccc2[nH]1. The van der Waals surface area contributed by atoms with Crippen LogP contribution in [0.15, 0.2) is 152 Å². The number of phenols is 1. The van der Waals surface area contributed by atoms with Gasteiger partial charge in [0, 0.05) is 18.2 Å². The predicted molar refractivity (Wildman–Crippen MR) is 250 cm³/mol. The topological polar surface area (TPSA) is 173 Å². The molecule has 3 N–H and O–H groups in total. The van der Waals surface area contributed by atoms with E-state index in [2.05, 4.69) is 27.1 Å². The number of aromatic amines is 1. The molecular formula is C54H45N5O9. The summed E-state index contributed by atoms with van der Waals surface area (Å²) >= 11 is 0. The van der Waals surface area contributed by atoms with Crippen LogP contribution < -0.4 is 15.0 Å². The highest BCUT2D eigenvalue weighted by Gasteiger charge is 2.75. The number of H-pyrrole nitrogens is 1. The molecule has 3 aliphatic heterocycles. The number of para-hydroxylation sites is 2. The third-order valence-electron chi connectivity index (χ3n) is 13.0. The van der Waals surface area contributed by atoms with E-state index in [4.69, 9.17) is 18.9 Å². The molecule has 6 aromatic carbocycles. The summed E-state index contributed by atoms with van der Waals surface area (Å²) in [5.41, 5.74) is 2.83. The Kier molecular flexibility index (Phi) is 11.7. The van der Waals surface area contributed by atoms with E-state index < -0.39 is 59.4 Å². The Labute approximate surface area is 391 Å². The van der Waals surface area contributed by atoms with Crippen LogP contribution in [0.2, 0.25) is 0 Å². The number of imidazole rings is 1. The fourth-order valence-corrected chi connectivity index (χ4v) is 10.1. The molecule has 340 valence electrons. The molecule has 0 saturated carbocycles. The molecular weight excluding hydrogens is 863 g/mol. The first-order valence-electron chi connectivity index (χ1n) is 22.1. The Bertz CT molecular complexity index is 3060. The van der Waals surface area contributed by atoms with Gasteiger partial charge in [-0.05, 0) is 89.0 Å². The van der Waals surface area contributed by atoms with Crippen LogP contribution in [0.5, 0.6) is 11.5 Å². The van der Waals surface area contributed by atoms with Crippen molar-refractivity contribution < 1.29 is 43.2 Å². The standard InChI is InChI=1S/C54H45N5O9/c1-65-29-30-67-53(64)58-43-28-21-34(18-17-33-19-26-39(66-2)27-20-33)31-40(43)54(52(58)63)45(50(61)55-32-44-56-41-15-9-10-16-42(41)57-44)47-51(62)68-48(36-13-7-4-8-14-36)46(35-11-5-3-6-12-35)59(47)49(54)37-22-24-38(60)25-23-37/h3-16,19-28,31,45-49,60H,29-30,32H2,1-2H3,(H,55,61)(H,56,57)/t45-,46-,47-,48+,49+,54-/m1/s1. The first kappa shape index (κ1) is 43.6. The number of carbonyl (C=O) groups excluding carboxylic acids is 4. The van der Waals surface area contributed by atoms with E-state index in [0.717, 1.165) is 16.0 Å². The zero-order chi connectivity index (χ0) is 46.9. The first-order valence-corrected chi connectivity index (χ1v) is 22.1. The van der Waals surface area contributed by atoms with Gasteiger partial charge in [-0.2, -0.15) is 0 Å². The number of ether oxygens (including phenoxy) is 4. The van der Waals surface area contributed by atoms with E-state index in [1.165, 1.54) is 19.2 Å². The number of benzene rings is 6. The van der Waals surface area contributed by atoms with Crippen LogP contribution in [0, 0.1) is 17.8 Å². The Morgan fingerprint density at radius 1 is 0.779 bits per heavy atom. The highest BCUT2D eigenvalue weighted by molar-refractivity contribution is 6.23. The summed E-state index contributed by atoms with van der Waals surface area (Å²) in [4.78, 5) is 72.7. The molecule has 4 heterocycles. The number of phenolic OH excluding ortho intramolecular Hbond substituents is 1. The number of anilines is 1. The van der Waals surface area contributed by atoms with Gasteiger partial charge in [0.2, 0.25) is 11.8 Å². The number of fused-ring (bicyclic) bond motifs is 4. The zero-order valence-electron chi connectivity index (χ0n) is 37.0. The minimum absolute atomic E-state index is 0.0464. The molecule has 7 aromatic rings. The molecule has 2 saturated heterocycles. The van der Waals surface area contributed by atoms with Crippen molar-refractivity contribution >= 4 is 40.6 Å². The van der Waals surface area contributed by atoms with Gasteiger partial charge in [0.05, 0.1) is 55.0 Å². The number of cyclic esters (lactones) is 1. The Morgan fingerprint density at radius 2 is 1.46 bits per heavy atom. The second kappa shape index (κ2) is 18.2. The zero-order valence-corrected chi connectivity index (χ0v) is 37.0. The number of rotatable bonds is 10. The molecule has 3 aliphatic rings. The quantitative estimate of drug-likeness (QED) is 0.0708. The van der Waals surface area contributed by atoms with Crippen LogP contribution in [0.25, 0.3) is 11.0 Å². The molecule has 0 bridgehead atoms. The lowest BCUT2D eigenvalue weighted by Crippen LogP contribution is -2.55. The van der Waals surface area contributed by atoms with Gasteiger partial charge in [0.15, 0.2) is 0 Å². The van der Waals surface area contributed by atoms with Gasteiger partial charge in [-0.15, -0.1) is 0 Å². The molecule has 1 aromatic heterocycles. The van der Waals surface area contributed by atoms with Gasteiger partial charge >= 0.3 is 12.1 Å². The fraction of sp³-hybridized carbons (Fsp3) is 0.204. The second-order valence-corrected chi connectivity index (χ2v) is 16.7. The number of esters is 1. The number of methoxy groups -OCH3 is 2. The first-order chi connectivity index (χ1) is 33.2. The molecule has 6 atom stereocenters. The minimum atomic E-state index is -2.06. The summed E-state index contributed by atoms with van der Waals surface area (Å²) in [7, 11) is 3.04. The van der Waals surface area contributed by atoms with Crippen molar-refractivity contribution in [3.05, 3.63) is 191 Å². The van der Waals surface area contributed by atoms with Crippen LogP contribution in [-0.2, 0) is 40.6 Å². The van der Waals surface area contributed by atoms with Crippen molar-refractivity contribution in [2.45, 2.75) is 36.2 Å². The third-order valence-corrected chi connectivity index (χ3v) is 13.0. The van der Waals surface area contributed by atoms with Gasteiger partial charge < -0.3 is 34.4 Å². The maximum Gasteiger partial charge on any atom is 0.421 e. The number of hydrogen-bond acceptors (Lipinski definition) is 11. The van der Waals surface area contributed by atoms with Crippen LogP contribution in [0.3, 0.4) is 0 Å². The largest absolute Gasteiger partial charge is 0.508 e. The molecule has 14 nitrogen and oxygen atoms in total. The molecule has 68 heavy (non-hydrogen) atoms. The average Bonchev–Trinajstić information content (AvgIpc) is 4.02. The van der Waals surface area contributed by atoms with Gasteiger partial charge in [-0.25, -0.2) is 14.7 Å². The molecule has 1 spiro atoms. The predicted octanol–water partition coefficient (Wildman–Crippen LogP) is 7.44. The van der Waals surface area contributed by atoms with Crippen LogP contribution >= 0.6 is 0 Å². The third kappa shape index (κ3) is 7.57. The maximum atomic E-state index is 16.3. The maximum absolute atomic E-state index is 16.3. The summed E-state index contributed by atoms with van der Waals surface area (Å²) in [6, 6.07) is 41.4. The summed E-state index contributed by atoms with van der Waals surface area (Å²) in [5, 5.41) is 13.8. The monoisotopic (exact) mass is 907 g/mol. The molecule has 2 fully saturated rings. The van der Waals surface area contributed by atoms with Crippen molar-refractivity contribution in [3.8, 4) is 23.3 Å². The normalized spacial score (nSPS) is 21.7. The van der Waals surface area contributed by atoms with E-state index in [-0.39, 0.29) is 36.8 Å². The molecule has 10 rings (SSSR count). The molecule has 3 amide bonds. The highest BCUT2D eigenvalue weighted by atomic mass is 16.6. The van der Waals surface area contributed by atoms with E-state index in [1.807, 2.05) is 102 Å². The van der Waals surface area contributed by atoms with Crippen molar-refractivity contribution in [1.82, 2.24) is 20.2 Å². The molecule has 0 unspecified atom stereocenters. The fourth-order valence-electron chi connectivity index (χ4n) is 10.1. The Hall–Kier alpha value is -8.25. The number of carbonyl (C=O) groups is 4. The lowest BCUT2D eigenvalue weighted by Gasteiger charge is -2.46. The minimum Gasteiger partial charge on any atom is -0.508 e. The lowest BCUT2D eigenvalue weighted by atomic mass is 9.65. The summed E-state index contributed by atoms with van der Waals surface area (Å²) in [5.74, 6) is 3.69. The van der Waals surface area contributed by atoms with Gasteiger partial charge in [-0.1, -0.05) is 96.8 Å². The second-order valence-electron chi connectivity index (χ2n) is 16.7. The number of aromatic nitrogens is 2. The Morgan fingerprint density at radius 3 is 2.16 bits per heavy atom. The number of nitrogens with one attached hydrogen (secondary N) is 2. The lowest BCUT2D eigenvalue weighted by molar-refractivity contribution is -0.178. The smallest absolute Gasteiger partial charge is 0.421 e. The number of imide groups is 1. The van der Waals surface area contributed by atoms with Crippen molar-refractivity contribution in [1.29, 1.82) is 0 Å². The number of hydrogen-bond donors (Lipinski definition) is 3. The Balaban J connectivity index is 1.23. The van der Waals surface area contributed by atoms with Crippen molar-refractivity contribution in [3.63, 3.8) is 0 Å².